The van der Waals surface area contributed by atoms with Crippen molar-refractivity contribution in [2.24, 2.45) is 0 Å². The predicted octanol–water partition coefficient (Wildman–Crippen LogP) is 3.62. The highest BCUT2D eigenvalue weighted by molar-refractivity contribution is 5.68. The molecule has 3 rings (SSSR count). The molecule has 0 spiro atoms. The van der Waals surface area contributed by atoms with Gasteiger partial charge in [0.2, 0.25) is 0 Å². The minimum Gasteiger partial charge on any atom is -0.486 e. The van der Waals surface area contributed by atoms with Crippen LogP contribution in [0.15, 0.2) is 42.5 Å². The Morgan fingerprint density at radius 2 is 1.71 bits per heavy atom. The number of nitrogens with one attached hydrogen (secondary N) is 1. The van der Waals surface area contributed by atoms with Gasteiger partial charge >= 0.3 is 0 Å². The second-order valence-corrected chi connectivity index (χ2v) is 5.59. The molecule has 0 saturated heterocycles. The van der Waals surface area contributed by atoms with Gasteiger partial charge in [0, 0.05) is 12.6 Å². The average molecular weight is 283 g/mol. The molecule has 0 saturated carbocycles. The van der Waals surface area contributed by atoms with Crippen molar-refractivity contribution in [3.8, 4) is 22.6 Å². The first-order chi connectivity index (χ1) is 10.2. The first-order valence-electron chi connectivity index (χ1n) is 7.45. The highest BCUT2D eigenvalue weighted by atomic mass is 16.6. The quantitative estimate of drug-likeness (QED) is 0.929. The van der Waals surface area contributed by atoms with E-state index in [1.165, 1.54) is 11.1 Å². The molecule has 0 amide bonds. The van der Waals surface area contributed by atoms with Crippen molar-refractivity contribution in [1.82, 2.24) is 5.32 Å². The summed E-state index contributed by atoms with van der Waals surface area (Å²) in [6, 6.07) is 15.2. The first kappa shape index (κ1) is 14.0. The van der Waals surface area contributed by atoms with Crippen LogP contribution in [0.25, 0.3) is 11.1 Å². The number of hydrogen-bond acceptors (Lipinski definition) is 3. The zero-order valence-corrected chi connectivity index (χ0v) is 12.6. The smallest absolute Gasteiger partial charge is 0.161 e. The maximum absolute atomic E-state index is 5.66. The van der Waals surface area contributed by atoms with Gasteiger partial charge < -0.3 is 14.8 Å². The lowest BCUT2D eigenvalue weighted by Gasteiger charge is -2.19. The third-order valence-corrected chi connectivity index (χ3v) is 3.52. The van der Waals surface area contributed by atoms with Gasteiger partial charge in [-0.1, -0.05) is 38.1 Å². The molecule has 0 aliphatic carbocycles. The molecule has 0 fully saturated rings. The Labute approximate surface area is 125 Å². The standard InChI is InChI=1S/C18H21NO2/c1-13(2)19-12-14-4-3-5-15(10-14)16-6-7-17-18(11-16)21-9-8-20-17/h3-7,10-11,13,19H,8-9,12H2,1-2H3. The van der Waals surface area contributed by atoms with E-state index in [9.17, 15) is 0 Å². The second-order valence-electron chi connectivity index (χ2n) is 5.59. The molecule has 1 aliphatic rings. The zero-order valence-electron chi connectivity index (χ0n) is 12.6. The van der Waals surface area contributed by atoms with E-state index in [0.717, 1.165) is 23.6 Å². The fraction of sp³-hybridized carbons (Fsp3) is 0.333. The van der Waals surface area contributed by atoms with Gasteiger partial charge in [-0.15, -0.1) is 0 Å². The van der Waals surface area contributed by atoms with E-state index in [1.807, 2.05) is 6.07 Å². The lowest BCUT2D eigenvalue weighted by molar-refractivity contribution is 0.171. The van der Waals surface area contributed by atoms with Crippen LogP contribution in [0, 0.1) is 0 Å². The fourth-order valence-corrected chi connectivity index (χ4v) is 2.41. The third-order valence-electron chi connectivity index (χ3n) is 3.52. The number of hydrogen-bond donors (Lipinski definition) is 1. The van der Waals surface area contributed by atoms with Crippen LogP contribution < -0.4 is 14.8 Å². The van der Waals surface area contributed by atoms with Crippen molar-refractivity contribution in [3.63, 3.8) is 0 Å². The van der Waals surface area contributed by atoms with Gasteiger partial charge in [0.1, 0.15) is 13.2 Å². The average Bonchev–Trinajstić information content (AvgIpc) is 2.53. The number of rotatable bonds is 4. The van der Waals surface area contributed by atoms with E-state index in [4.69, 9.17) is 9.47 Å². The highest BCUT2D eigenvalue weighted by Gasteiger charge is 2.12. The predicted molar refractivity (Wildman–Crippen MR) is 84.8 cm³/mol. The summed E-state index contributed by atoms with van der Waals surface area (Å²) < 4.78 is 11.2. The molecule has 3 nitrogen and oxygen atoms in total. The van der Waals surface area contributed by atoms with Crippen molar-refractivity contribution in [3.05, 3.63) is 48.0 Å². The molecule has 0 atom stereocenters. The first-order valence-corrected chi connectivity index (χ1v) is 7.45. The van der Waals surface area contributed by atoms with Gasteiger partial charge in [-0.2, -0.15) is 0 Å². The van der Waals surface area contributed by atoms with Crippen LogP contribution in [0.3, 0.4) is 0 Å². The molecule has 2 aromatic rings. The molecule has 1 aliphatic heterocycles. The maximum Gasteiger partial charge on any atom is 0.161 e. The Kier molecular flexibility index (Phi) is 4.11. The molecule has 1 heterocycles. The summed E-state index contributed by atoms with van der Waals surface area (Å²) in [5, 5.41) is 3.45. The van der Waals surface area contributed by atoms with Crippen LogP contribution >= 0.6 is 0 Å². The molecule has 3 heteroatoms. The van der Waals surface area contributed by atoms with Crippen molar-refractivity contribution < 1.29 is 9.47 Å². The Morgan fingerprint density at radius 1 is 0.952 bits per heavy atom. The summed E-state index contributed by atoms with van der Waals surface area (Å²) in [7, 11) is 0. The summed E-state index contributed by atoms with van der Waals surface area (Å²) in [5.41, 5.74) is 3.65. The largest absolute Gasteiger partial charge is 0.486 e. The van der Waals surface area contributed by atoms with Crippen LogP contribution in [-0.2, 0) is 6.54 Å². The molecule has 0 radical (unpaired) electrons. The Morgan fingerprint density at radius 3 is 2.52 bits per heavy atom. The summed E-state index contributed by atoms with van der Waals surface area (Å²) in [5.74, 6) is 1.67. The van der Waals surface area contributed by atoms with Crippen molar-refractivity contribution in [2.75, 3.05) is 13.2 Å². The van der Waals surface area contributed by atoms with Crippen LogP contribution in [0.2, 0.25) is 0 Å². The second kappa shape index (κ2) is 6.19. The summed E-state index contributed by atoms with van der Waals surface area (Å²) in [4.78, 5) is 0. The number of fused-ring (bicyclic) bond motifs is 1. The van der Waals surface area contributed by atoms with Crippen molar-refractivity contribution in [1.29, 1.82) is 0 Å². The number of ether oxygens (including phenoxy) is 2. The molecular formula is C18H21NO2. The van der Waals surface area contributed by atoms with Crippen LogP contribution in [0.4, 0.5) is 0 Å². The van der Waals surface area contributed by atoms with E-state index in [0.29, 0.717) is 19.3 Å². The highest BCUT2D eigenvalue weighted by Crippen LogP contribution is 2.34. The zero-order chi connectivity index (χ0) is 14.7. The number of benzene rings is 2. The lowest BCUT2D eigenvalue weighted by atomic mass is 10.0. The normalized spacial score (nSPS) is 13.5. The van der Waals surface area contributed by atoms with Gasteiger partial charge in [0.25, 0.3) is 0 Å². The SMILES string of the molecule is CC(C)NCc1cccc(-c2ccc3c(c2)OCCO3)c1. The summed E-state index contributed by atoms with van der Waals surface area (Å²) in [6.45, 7) is 6.45. The van der Waals surface area contributed by atoms with E-state index >= 15 is 0 Å². The summed E-state index contributed by atoms with van der Waals surface area (Å²) in [6.07, 6.45) is 0. The van der Waals surface area contributed by atoms with Crippen LogP contribution in [-0.4, -0.2) is 19.3 Å². The van der Waals surface area contributed by atoms with E-state index in [1.54, 1.807) is 0 Å². The minimum atomic E-state index is 0.489. The lowest BCUT2D eigenvalue weighted by Crippen LogP contribution is -2.21. The topological polar surface area (TPSA) is 30.5 Å². The van der Waals surface area contributed by atoms with E-state index in [-0.39, 0.29) is 0 Å². The molecule has 0 bridgehead atoms. The minimum absolute atomic E-state index is 0.489. The molecular weight excluding hydrogens is 262 g/mol. The molecule has 0 aromatic heterocycles. The Balaban J connectivity index is 1.84. The third kappa shape index (κ3) is 3.37. The van der Waals surface area contributed by atoms with Crippen molar-refractivity contribution >= 4 is 0 Å². The van der Waals surface area contributed by atoms with Gasteiger partial charge in [-0.05, 0) is 34.9 Å². The van der Waals surface area contributed by atoms with E-state index < -0.39 is 0 Å². The van der Waals surface area contributed by atoms with Crippen LogP contribution in [0.5, 0.6) is 11.5 Å². The van der Waals surface area contributed by atoms with Gasteiger partial charge in [0.05, 0.1) is 0 Å². The molecule has 1 N–H and O–H groups in total. The maximum atomic E-state index is 5.66. The molecule has 2 aromatic carbocycles. The van der Waals surface area contributed by atoms with Gasteiger partial charge in [-0.3, -0.25) is 0 Å². The molecule has 110 valence electrons. The fourth-order valence-electron chi connectivity index (χ4n) is 2.41. The molecule has 21 heavy (non-hydrogen) atoms. The van der Waals surface area contributed by atoms with Crippen LogP contribution in [0.1, 0.15) is 19.4 Å². The molecule has 0 unspecified atom stereocenters. The van der Waals surface area contributed by atoms with E-state index in [2.05, 4.69) is 55.6 Å². The van der Waals surface area contributed by atoms with Crippen molar-refractivity contribution in [2.45, 2.75) is 26.4 Å². The summed E-state index contributed by atoms with van der Waals surface area (Å²) >= 11 is 0. The van der Waals surface area contributed by atoms with Gasteiger partial charge in [0.15, 0.2) is 11.5 Å². The van der Waals surface area contributed by atoms with Gasteiger partial charge in [-0.25, -0.2) is 0 Å². The monoisotopic (exact) mass is 283 g/mol. The Hall–Kier alpha value is -2.00. The Bertz CT molecular complexity index is 622.